The molecule has 2 heterocycles. The summed E-state index contributed by atoms with van der Waals surface area (Å²) in [6.07, 6.45) is 0. The largest absolute Gasteiger partial charge is 0.454 e. The number of carbonyl (C=O) groups excluding carboxylic acids is 2. The maximum atomic E-state index is 13.7. The molecule has 6 heteroatoms. The van der Waals surface area contributed by atoms with Gasteiger partial charge in [0.2, 0.25) is 6.79 Å². The van der Waals surface area contributed by atoms with Crippen LogP contribution in [0.1, 0.15) is 27.8 Å². The predicted molar refractivity (Wildman–Crippen MR) is 127 cm³/mol. The fourth-order valence-corrected chi connectivity index (χ4v) is 4.34. The van der Waals surface area contributed by atoms with Crippen LogP contribution < -0.4 is 19.7 Å². The molecule has 0 fully saturated rings. The molecule has 166 valence electrons. The lowest BCUT2D eigenvalue weighted by molar-refractivity contribution is -0.120. The number of benzene rings is 3. The zero-order chi connectivity index (χ0) is 23.3. The van der Waals surface area contributed by atoms with Gasteiger partial charge in [-0.1, -0.05) is 41.5 Å². The standard InChI is InChI=1S/C27H24N2O4/c1-15-5-8-20(17(3)11-15)24-25(28-21-9-6-16(2)12-18(21)4)27(31)29(26(24)30)19-7-10-22-23(13-19)33-14-32-22/h5-13,28H,14H2,1-4H3. The van der Waals surface area contributed by atoms with Gasteiger partial charge < -0.3 is 14.8 Å². The first kappa shape index (κ1) is 20.8. The molecule has 6 nitrogen and oxygen atoms in total. The lowest BCUT2D eigenvalue weighted by Gasteiger charge is -2.16. The van der Waals surface area contributed by atoms with Gasteiger partial charge in [0.1, 0.15) is 5.70 Å². The summed E-state index contributed by atoms with van der Waals surface area (Å²) in [6.45, 7) is 8.06. The average molecular weight is 440 g/mol. The quantitative estimate of drug-likeness (QED) is 0.576. The number of hydrogen-bond acceptors (Lipinski definition) is 5. The van der Waals surface area contributed by atoms with Crippen LogP contribution in [0.2, 0.25) is 0 Å². The molecule has 2 amide bonds. The smallest absolute Gasteiger partial charge is 0.282 e. The number of nitrogens with zero attached hydrogens (tertiary/aromatic N) is 1. The highest BCUT2D eigenvalue weighted by Gasteiger charge is 2.41. The Bertz CT molecular complexity index is 1360. The van der Waals surface area contributed by atoms with Gasteiger partial charge in [0.05, 0.1) is 11.3 Å². The van der Waals surface area contributed by atoms with Crippen LogP contribution in [-0.4, -0.2) is 18.6 Å². The third-order valence-corrected chi connectivity index (χ3v) is 5.99. The minimum Gasteiger partial charge on any atom is -0.454 e. The summed E-state index contributed by atoms with van der Waals surface area (Å²) in [6, 6.07) is 16.9. The number of nitrogens with one attached hydrogen (secondary N) is 1. The van der Waals surface area contributed by atoms with Gasteiger partial charge in [0.15, 0.2) is 11.5 Å². The summed E-state index contributed by atoms with van der Waals surface area (Å²) in [5.74, 6) is 0.317. The average Bonchev–Trinajstić information content (AvgIpc) is 3.32. The van der Waals surface area contributed by atoms with Gasteiger partial charge >= 0.3 is 0 Å². The van der Waals surface area contributed by atoms with E-state index >= 15 is 0 Å². The van der Waals surface area contributed by atoms with Crippen molar-refractivity contribution in [1.29, 1.82) is 0 Å². The number of fused-ring (bicyclic) bond motifs is 1. The highest BCUT2D eigenvalue weighted by molar-refractivity contribution is 6.46. The van der Waals surface area contributed by atoms with E-state index in [2.05, 4.69) is 5.32 Å². The van der Waals surface area contributed by atoms with E-state index in [1.807, 2.05) is 64.1 Å². The maximum Gasteiger partial charge on any atom is 0.282 e. The second-order valence-electron chi connectivity index (χ2n) is 8.50. The van der Waals surface area contributed by atoms with Crippen LogP contribution >= 0.6 is 0 Å². The highest BCUT2D eigenvalue weighted by Crippen LogP contribution is 2.40. The number of amides is 2. The Kier molecular flexibility index (Phi) is 4.93. The van der Waals surface area contributed by atoms with Gasteiger partial charge in [0.25, 0.3) is 11.8 Å². The van der Waals surface area contributed by atoms with Crippen molar-refractivity contribution < 1.29 is 19.1 Å². The zero-order valence-corrected chi connectivity index (χ0v) is 19.0. The van der Waals surface area contributed by atoms with E-state index in [1.165, 1.54) is 4.90 Å². The first-order valence-electron chi connectivity index (χ1n) is 10.8. The molecule has 0 spiro atoms. The van der Waals surface area contributed by atoms with Crippen LogP contribution in [0, 0.1) is 27.7 Å². The van der Waals surface area contributed by atoms with E-state index in [0.29, 0.717) is 22.8 Å². The van der Waals surface area contributed by atoms with Crippen molar-refractivity contribution in [3.05, 3.63) is 88.1 Å². The molecular weight excluding hydrogens is 416 g/mol. The van der Waals surface area contributed by atoms with Crippen LogP contribution in [0.15, 0.2) is 60.3 Å². The molecule has 2 aliphatic heterocycles. The Hall–Kier alpha value is -4.06. The van der Waals surface area contributed by atoms with Crippen LogP contribution in [0.3, 0.4) is 0 Å². The van der Waals surface area contributed by atoms with Crippen molar-refractivity contribution in [2.24, 2.45) is 0 Å². The number of rotatable bonds is 4. The summed E-state index contributed by atoms with van der Waals surface area (Å²) in [7, 11) is 0. The number of carbonyl (C=O) groups is 2. The van der Waals surface area contributed by atoms with Crippen LogP contribution in [0.25, 0.3) is 5.57 Å². The van der Waals surface area contributed by atoms with Gasteiger partial charge in [-0.15, -0.1) is 0 Å². The van der Waals surface area contributed by atoms with E-state index in [-0.39, 0.29) is 18.4 Å². The topological polar surface area (TPSA) is 67.9 Å². The SMILES string of the molecule is Cc1ccc(NC2=C(c3ccc(C)cc3C)C(=O)N(c3ccc4c(c3)OCO4)C2=O)c(C)c1. The molecule has 5 rings (SSSR count). The Morgan fingerprint density at radius 1 is 0.758 bits per heavy atom. The third-order valence-electron chi connectivity index (χ3n) is 5.99. The Morgan fingerprint density at radius 2 is 1.45 bits per heavy atom. The lowest BCUT2D eigenvalue weighted by Crippen LogP contribution is -2.32. The molecule has 3 aromatic rings. The minimum absolute atomic E-state index is 0.117. The number of imide groups is 1. The normalized spacial score (nSPS) is 15.0. The summed E-state index contributed by atoms with van der Waals surface area (Å²) in [5.41, 5.74) is 6.70. The second-order valence-corrected chi connectivity index (χ2v) is 8.50. The predicted octanol–water partition coefficient (Wildman–Crippen LogP) is 5.05. The molecular formula is C27H24N2O4. The zero-order valence-electron chi connectivity index (χ0n) is 19.0. The first-order chi connectivity index (χ1) is 15.8. The van der Waals surface area contributed by atoms with Crippen molar-refractivity contribution in [3.63, 3.8) is 0 Å². The second kappa shape index (κ2) is 7.81. The molecule has 0 saturated heterocycles. The number of anilines is 2. The third kappa shape index (κ3) is 3.53. The highest BCUT2D eigenvalue weighted by atomic mass is 16.7. The molecule has 0 unspecified atom stereocenters. The molecule has 3 aromatic carbocycles. The summed E-state index contributed by atoms with van der Waals surface area (Å²) in [4.78, 5) is 28.6. The van der Waals surface area contributed by atoms with E-state index in [0.717, 1.165) is 33.5 Å². The first-order valence-corrected chi connectivity index (χ1v) is 10.8. The molecule has 0 atom stereocenters. The lowest BCUT2D eigenvalue weighted by atomic mass is 9.97. The summed E-state index contributed by atoms with van der Waals surface area (Å²) in [5, 5.41) is 3.27. The number of hydrogen-bond donors (Lipinski definition) is 1. The van der Waals surface area contributed by atoms with E-state index < -0.39 is 5.91 Å². The molecule has 1 N–H and O–H groups in total. The Morgan fingerprint density at radius 3 is 2.18 bits per heavy atom. The van der Waals surface area contributed by atoms with E-state index in [4.69, 9.17) is 9.47 Å². The molecule has 33 heavy (non-hydrogen) atoms. The van der Waals surface area contributed by atoms with Crippen molar-refractivity contribution in [2.45, 2.75) is 27.7 Å². The van der Waals surface area contributed by atoms with Crippen LogP contribution in [0.5, 0.6) is 11.5 Å². The van der Waals surface area contributed by atoms with Crippen LogP contribution in [0.4, 0.5) is 11.4 Å². The summed E-state index contributed by atoms with van der Waals surface area (Å²) >= 11 is 0. The van der Waals surface area contributed by atoms with Crippen molar-refractivity contribution >= 4 is 28.8 Å². The number of aryl methyl sites for hydroxylation is 4. The summed E-state index contributed by atoms with van der Waals surface area (Å²) < 4.78 is 10.8. The monoisotopic (exact) mass is 440 g/mol. The Labute approximate surface area is 192 Å². The Balaban J connectivity index is 1.64. The van der Waals surface area contributed by atoms with E-state index in [9.17, 15) is 9.59 Å². The molecule has 0 radical (unpaired) electrons. The molecule has 0 bridgehead atoms. The fourth-order valence-electron chi connectivity index (χ4n) is 4.34. The van der Waals surface area contributed by atoms with E-state index in [1.54, 1.807) is 18.2 Å². The molecule has 0 aromatic heterocycles. The van der Waals surface area contributed by atoms with Crippen molar-refractivity contribution in [2.75, 3.05) is 17.0 Å². The van der Waals surface area contributed by atoms with Crippen molar-refractivity contribution in [1.82, 2.24) is 0 Å². The van der Waals surface area contributed by atoms with Gasteiger partial charge in [0, 0.05) is 11.8 Å². The molecule has 2 aliphatic rings. The van der Waals surface area contributed by atoms with Gasteiger partial charge in [-0.2, -0.15) is 0 Å². The maximum absolute atomic E-state index is 13.7. The molecule has 0 aliphatic carbocycles. The minimum atomic E-state index is -0.409. The fraction of sp³-hybridized carbons (Fsp3) is 0.185. The van der Waals surface area contributed by atoms with Crippen molar-refractivity contribution in [3.8, 4) is 11.5 Å². The number of ether oxygens (including phenoxy) is 2. The van der Waals surface area contributed by atoms with Crippen LogP contribution in [-0.2, 0) is 9.59 Å². The van der Waals surface area contributed by atoms with Gasteiger partial charge in [-0.3, -0.25) is 9.59 Å². The van der Waals surface area contributed by atoms with Gasteiger partial charge in [-0.25, -0.2) is 4.90 Å². The van der Waals surface area contributed by atoms with Gasteiger partial charge in [-0.05, 0) is 62.6 Å². The molecule has 0 saturated carbocycles.